The van der Waals surface area contributed by atoms with Gasteiger partial charge in [-0.25, -0.2) is 4.39 Å². The second-order valence-corrected chi connectivity index (χ2v) is 4.79. The Balaban J connectivity index is 2.32. The Labute approximate surface area is 116 Å². The lowest BCUT2D eigenvalue weighted by molar-refractivity contribution is 0.497. The van der Waals surface area contributed by atoms with Gasteiger partial charge in [-0.2, -0.15) is 5.10 Å². The summed E-state index contributed by atoms with van der Waals surface area (Å²) in [6, 6.07) is 6.19. The lowest BCUT2D eigenvalue weighted by Crippen LogP contribution is -2.30. The van der Waals surface area contributed by atoms with E-state index in [-0.39, 0.29) is 11.9 Å². The van der Waals surface area contributed by atoms with Crippen molar-refractivity contribution < 1.29 is 4.39 Å². The Morgan fingerprint density at radius 2 is 2.16 bits per heavy atom. The zero-order chi connectivity index (χ0) is 14.0. The van der Waals surface area contributed by atoms with E-state index < -0.39 is 0 Å². The number of aryl methyl sites for hydroxylation is 2. The third kappa shape index (κ3) is 2.78. The highest BCUT2D eigenvalue weighted by molar-refractivity contribution is 6.31. The van der Waals surface area contributed by atoms with Gasteiger partial charge in [-0.05, 0) is 13.0 Å². The molecule has 1 aromatic heterocycles. The predicted octanol–water partition coefficient (Wildman–Crippen LogP) is 2.27. The molecular formula is C13H16ClFN4. The van der Waals surface area contributed by atoms with Gasteiger partial charge in [0.15, 0.2) is 0 Å². The molecule has 1 atom stereocenters. The molecule has 0 aliphatic rings. The first kappa shape index (κ1) is 14.0. The molecule has 1 unspecified atom stereocenters. The van der Waals surface area contributed by atoms with Crippen molar-refractivity contribution in [2.75, 3.05) is 0 Å². The molecule has 6 heteroatoms. The first-order valence-corrected chi connectivity index (χ1v) is 6.31. The molecule has 1 aromatic carbocycles. The van der Waals surface area contributed by atoms with Crippen LogP contribution in [0.5, 0.6) is 0 Å². The fourth-order valence-corrected chi connectivity index (χ4v) is 2.35. The largest absolute Gasteiger partial charge is 0.271 e. The smallest absolute Gasteiger partial charge is 0.128 e. The quantitative estimate of drug-likeness (QED) is 0.668. The van der Waals surface area contributed by atoms with Crippen molar-refractivity contribution in [2.45, 2.75) is 19.4 Å². The van der Waals surface area contributed by atoms with E-state index in [1.807, 2.05) is 14.0 Å². The number of halogens is 2. The molecule has 0 fully saturated rings. The van der Waals surface area contributed by atoms with E-state index in [1.54, 1.807) is 22.9 Å². The number of benzene rings is 1. The topological polar surface area (TPSA) is 55.9 Å². The molecule has 0 aliphatic heterocycles. The normalized spacial score (nSPS) is 12.7. The van der Waals surface area contributed by atoms with Crippen molar-refractivity contribution in [3.8, 4) is 0 Å². The molecule has 2 rings (SSSR count). The summed E-state index contributed by atoms with van der Waals surface area (Å²) in [5, 5.41) is 4.83. The average molecular weight is 283 g/mol. The minimum Gasteiger partial charge on any atom is -0.271 e. The zero-order valence-electron chi connectivity index (χ0n) is 10.8. The van der Waals surface area contributed by atoms with E-state index >= 15 is 0 Å². The molecule has 1 heterocycles. The Morgan fingerprint density at radius 3 is 2.68 bits per heavy atom. The second-order valence-electron chi connectivity index (χ2n) is 4.41. The molecule has 2 aromatic rings. The van der Waals surface area contributed by atoms with Crippen LogP contribution < -0.4 is 11.3 Å². The molecule has 0 saturated carbocycles. The highest BCUT2D eigenvalue weighted by Crippen LogP contribution is 2.26. The second kappa shape index (κ2) is 5.69. The Hall–Kier alpha value is -1.43. The monoisotopic (exact) mass is 282 g/mol. The summed E-state index contributed by atoms with van der Waals surface area (Å²) in [4.78, 5) is 0. The minimum atomic E-state index is -0.353. The minimum absolute atomic E-state index is 0.291. The van der Waals surface area contributed by atoms with Crippen molar-refractivity contribution in [1.29, 1.82) is 0 Å². The van der Waals surface area contributed by atoms with Crippen LogP contribution in [0.4, 0.5) is 4.39 Å². The van der Waals surface area contributed by atoms with Gasteiger partial charge in [0, 0.05) is 19.0 Å². The maximum absolute atomic E-state index is 13.8. The van der Waals surface area contributed by atoms with Gasteiger partial charge in [-0.15, -0.1) is 0 Å². The van der Waals surface area contributed by atoms with Crippen molar-refractivity contribution in [3.63, 3.8) is 0 Å². The van der Waals surface area contributed by atoms with Crippen LogP contribution in [0.25, 0.3) is 0 Å². The van der Waals surface area contributed by atoms with Crippen LogP contribution in [0.15, 0.2) is 24.3 Å². The Bertz CT molecular complexity index is 582. The molecule has 3 N–H and O–H groups in total. The molecule has 0 spiro atoms. The molecule has 102 valence electrons. The van der Waals surface area contributed by atoms with Crippen molar-refractivity contribution >= 4 is 11.6 Å². The lowest BCUT2D eigenvalue weighted by atomic mass is 10.0. The standard InChI is InChI=1S/C13H16ClFN4/c1-8-13(14)12(19(2)18-8)7-11(17-16)9-5-3-4-6-10(9)15/h3-6,11,17H,7,16H2,1-2H3. The predicted molar refractivity (Wildman–Crippen MR) is 73.1 cm³/mol. The molecule has 0 aliphatic carbocycles. The molecule has 0 amide bonds. The average Bonchev–Trinajstić information content (AvgIpc) is 2.63. The van der Waals surface area contributed by atoms with Gasteiger partial charge < -0.3 is 0 Å². The van der Waals surface area contributed by atoms with Crippen LogP contribution in [0, 0.1) is 12.7 Å². The number of nitrogens with one attached hydrogen (secondary N) is 1. The number of nitrogens with two attached hydrogens (primary N) is 1. The van der Waals surface area contributed by atoms with E-state index in [2.05, 4.69) is 10.5 Å². The van der Waals surface area contributed by atoms with Gasteiger partial charge in [-0.3, -0.25) is 16.0 Å². The fraction of sp³-hybridized carbons (Fsp3) is 0.308. The summed E-state index contributed by atoms with van der Waals surface area (Å²) in [5.41, 5.74) is 4.72. The third-order valence-electron chi connectivity index (χ3n) is 3.14. The number of hydrazine groups is 1. The number of hydrogen-bond acceptors (Lipinski definition) is 3. The first-order valence-electron chi connectivity index (χ1n) is 5.93. The molecule has 0 radical (unpaired) electrons. The molecule has 0 saturated heterocycles. The van der Waals surface area contributed by atoms with Gasteiger partial charge in [0.05, 0.1) is 22.5 Å². The first-order chi connectivity index (χ1) is 9.04. The molecular weight excluding hydrogens is 267 g/mol. The SMILES string of the molecule is Cc1nn(C)c(CC(NN)c2ccccc2F)c1Cl. The van der Waals surface area contributed by atoms with Gasteiger partial charge in [0.25, 0.3) is 0 Å². The summed E-state index contributed by atoms with van der Waals surface area (Å²) >= 11 is 6.20. The maximum atomic E-state index is 13.8. The van der Waals surface area contributed by atoms with Gasteiger partial charge in [0.1, 0.15) is 5.82 Å². The number of nitrogens with zero attached hydrogens (tertiary/aromatic N) is 2. The Morgan fingerprint density at radius 1 is 1.47 bits per heavy atom. The van der Waals surface area contributed by atoms with Gasteiger partial charge in [-0.1, -0.05) is 29.8 Å². The summed E-state index contributed by atoms with van der Waals surface area (Å²) < 4.78 is 15.5. The lowest BCUT2D eigenvalue weighted by Gasteiger charge is -2.17. The van der Waals surface area contributed by atoms with Crippen LogP contribution in [0.2, 0.25) is 5.02 Å². The molecule has 4 nitrogen and oxygen atoms in total. The van der Waals surface area contributed by atoms with E-state index in [4.69, 9.17) is 17.4 Å². The summed E-state index contributed by atoms with van der Waals surface area (Å²) in [7, 11) is 1.81. The van der Waals surface area contributed by atoms with Crippen molar-refractivity contribution in [3.05, 3.63) is 52.1 Å². The maximum Gasteiger partial charge on any atom is 0.128 e. The van der Waals surface area contributed by atoms with Crippen LogP contribution in [0.1, 0.15) is 23.0 Å². The highest BCUT2D eigenvalue weighted by Gasteiger charge is 2.19. The van der Waals surface area contributed by atoms with Gasteiger partial charge >= 0.3 is 0 Å². The molecule has 0 bridgehead atoms. The Kier molecular flexibility index (Phi) is 4.19. The van der Waals surface area contributed by atoms with Crippen LogP contribution >= 0.6 is 11.6 Å². The van der Waals surface area contributed by atoms with E-state index in [1.165, 1.54) is 6.07 Å². The van der Waals surface area contributed by atoms with Crippen molar-refractivity contribution in [2.24, 2.45) is 12.9 Å². The third-order valence-corrected chi connectivity index (χ3v) is 3.63. The number of hydrogen-bond donors (Lipinski definition) is 2. The van der Waals surface area contributed by atoms with E-state index in [9.17, 15) is 4.39 Å². The number of rotatable bonds is 4. The summed E-state index contributed by atoms with van der Waals surface area (Å²) in [6.07, 6.45) is 0.466. The molecule has 19 heavy (non-hydrogen) atoms. The number of aromatic nitrogens is 2. The zero-order valence-corrected chi connectivity index (χ0v) is 11.6. The summed E-state index contributed by atoms with van der Waals surface area (Å²) in [5.74, 6) is 5.25. The van der Waals surface area contributed by atoms with Crippen LogP contribution in [-0.4, -0.2) is 9.78 Å². The van der Waals surface area contributed by atoms with Crippen LogP contribution in [0.3, 0.4) is 0 Å². The van der Waals surface area contributed by atoms with Gasteiger partial charge in [0.2, 0.25) is 0 Å². The van der Waals surface area contributed by atoms with E-state index in [0.717, 1.165) is 11.4 Å². The van der Waals surface area contributed by atoms with E-state index in [0.29, 0.717) is 17.0 Å². The fourth-order valence-electron chi connectivity index (χ4n) is 2.11. The van der Waals surface area contributed by atoms with Crippen LogP contribution in [-0.2, 0) is 13.5 Å². The van der Waals surface area contributed by atoms with Crippen molar-refractivity contribution in [1.82, 2.24) is 15.2 Å². The highest BCUT2D eigenvalue weighted by atomic mass is 35.5. The summed E-state index contributed by atoms with van der Waals surface area (Å²) in [6.45, 7) is 1.83.